The van der Waals surface area contributed by atoms with E-state index in [4.69, 9.17) is 4.52 Å². The van der Waals surface area contributed by atoms with Gasteiger partial charge in [-0.2, -0.15) is 4.98 Å². The molecule has 0 saturated carbocycles. The highest BCUT2D eigenvalue weighted by Crippen LogP contribution is 2.21. The van der Waals surface area contributed by atoms with Gasteiger partial charge in [0.2, 0.25) is 11.8 Å². The van der Waals surface area contributed by atoms with Crippen LogP contribution in [0.15, 0.2) is 51.9 Å². The largest absolute Gasteiger partial charge is 0.339 e. The quantitative estimate of drug-likeness (QED) is 0.587. The molecular formula is C22H25N3O4S. The van der Waals surface area contributed by atoms with Gasteiger partial charge in [0.25, 0.3) is 0 Å². The third-order valence-electron chi connectivity index (χ3n) is 4.78. The van der Waals surface area contributed by atoms with Crippen LogP contribution >= 0.6 is 0 Å². The van der Waals surface area contributed by atoms with E-state index >= 15 is 0 Å². The molecule has 158 valence electrons. The molecule has 2 aromatic carbocycles. The molecule has 0 saturated heterocycles. The third kappa shape index (κ3) is 5.33. The zero-order valence-electron chi connectivity index (χ0n) is 17.3. The van der Waals surface area contributed by atoms with Gasteiger partial charge in [-0.15, -0.1) is 0 Å². The number of aryl methyl sites for hydroxylation is 4. The van der Waals surface area contributed by atoms with E-state index in [9.17, 15) is 13.2 Å². The lowest BCUT2D eigenvalue weighted by atomic mass is 10.1. The average Bonchev–Trinajstić information content (AvgIpc) is 3.15. The summed E-state index contributed by atoms with van der Waals surface area (Å²) in [5, 5.41) is 6.70. The first-order valence-electron chi connectivity index (χ1n) is 9.77. The summed E-state index contributed by atoms with van der Waals surface area (Å²) in [5.41, 5.74) is 3.89. The van der Waals surface area contributed by atoms with E-state index in [0.29, 0.717) is 0 Å². The summed E-state index contributed by atoms with van der Waals surface area (Å²) in [6.07, 6.45) is 1.21. The Bertz CT molecular complexity index is 1140. The second-order valence-electron chi connectivity index (χ2n) is 7.19. The van der Waals surface area contributed by atoms with Crippen molar-refractivity contribution in [1.82, 2.24) is 10.1 Å². The highest BCUT2D eigenvalue weighted by Gasteiger charge is 2.19. The Balaban J connectivity index is 1.59. The summed E-state index contributed by atoms with van der Waals surface area (Å²) >= 11 is 0. The van der Waals surface area contributed by atoms with Crippen LogP contribution in [0.4, 0.5) is 5.69 Å². The lowest BCUT2D eigenvalue weighted by molar-refractivity contribution is -0.116. The Kier molecular flexibility index (Phi) is 6.66. The number of anilines is 1. The third-order valence-corrected chi connectivity index (χ3v) is 6.41. The van der Waals surface area contributed by atoms with Gasteiger partial charge in [0, 0.05) is 18.5 Å². The predicted molar refractivity (Wildman–Crippen MR) is 114 cm³/mol. The van der Waals surface area contributed by atoms with E-state index in [-0.39, 0.29) is 41.1 Å². The number of nitrogens with one attached hydrogen (secondary N) is 1. The van der Waals surface area contributed by atoms with Gasteiger partial charge in [-0.25, -0.2) is 8.42 Å². The zero-order chi connectivity index (χ0) is 21.7. The molecule has 0 atom stereocenters. The highest BCUT2D eigenvalue weighted by atomic mass is 32.2. The van der Waals surface area contributed by atoms with Crippen LogP contribution in [0.2, 0.25) is 0 Å². The first-order chi connectivity index (χ1) is 14.3. The number of carbonyl (C=O) groups is 1. The molecule has 30 heavy (non-hydrogen) atoms. The van der Waals surface area contributed by atoms with Crippen LogP contribution in [0.1, 0.15) is 41.8 Å². The molecule has 3 rings (SSSR count). The van der Waals surface area contributed by atoms with Crippen LogP contribution in [0.25, 0.3) is 0 Å². The molecule has 0 unspecified atom stereocenters. The number of amides is 1. The molecule has 0 fully saturated rings. The number of sulfone groups is 1. The summed E-state index contributed by atoms with van der Waals surface area (Å²) in [6.45, 7) is 5.88. The standard InChI is InChI=1S/C22H25N3O4S/c1-4-17-7-5-6-16(3)22(17)24-20(26)12-13-21-23-19(25-29-21)14-30(27,28)18-10-8-15(2)9-11-18/h5-11H,4,12-14H2,1-3H3,(H,24,26). The molecule has 1 amide bonds. The molecule has 1 aromatic heterocycles. The Morgan fingerprint density at radius 3 is 2.53 bits per heavy atom. The molecular weight excluding hydrogens is 402 g/mol. The molecule has 7 nitrogen and oxygen atoms in total. The minimum absolute atomic E-state index is 0.0816. The summed E-state index contributed by atoms with van der Waals surface area (Å²) in [4.78, 5) is 16.7. The Hall–Kier alpha value is -3.00. The smallest absolute Gasteiger partial charge is 0.227 e. The van der Waals surface area contributed by atoms with E-state index in [1.54, 1.807) is 24.3 Å². The van der Waals surface area contributed by atoms with Crippen LogP contribution < -0.4 is 5.32 Å². The SMILES string of the molecule is CCc1cccc(C)c1NC(=O)CCc1nc(CS(=O)(=O)c2ccc(C)cc2)no1. The fraction of sp³-hybridized carbons (Fsp3) is 0.318. The topological polar surface area (TPSA) is 102 Å². The number of benzene rings is 2. The average molecular weight is 428 g/mol. The van der Waals surface area contributed by atoms with Crippen LogP contribution in [-0.4, -0.2) is 24.5 Å². The van der Waals surface area contributed by atoms with Gasteiger partial charge in [-0.05, 0) is 43.5 Å². The van der Waals surface area contributed by atoms with Crippen molar-refractivity contribution in [3.8, 4) is 0 Å². The number of rotatable bonds is 8. The number of hydrogen-bond donors (Lipinski definition) is 1. The maximum absolute atomic E-state index is 12.5. The number of nitrogens with zero attached hydrogens (tertiary/aromatic N) is 2. The van der Waals surface area contributed by atoms with E-state index in [2.05, 4.69) is 15.5 Å². The Morgan fingerprint density at radius 1 is 1.10 bits per heavy atom. The van der Waals surface area contributed by atoms with Crippen LogP contribution in [0, 0.1) is 13.8 Å². The maximum Gasteiger partial charge on any atom is 0.227 e. The summed E-state index contributed by atoms with van der Waals surface area (Å²) in [5.74, 6) is -0.196. The van der Waals surface area contributed by atoms with Crippen molar-refractivity contribution < 1.29 is 17.7 Å². The van der Waals surface area contributed by atoms with E-state index in [0.717, 1.165) is 28.8 Å². The monoisotopic (exact) mass is 427 g/mol. The van der Waals surface area contributed by atoms with Gasteiger partial charge in [0.1, 0.15) is 5.75 Å². The van der Waals surface area contributed by atoms with Gasteiger partial charge < -0.3 is 9.84 Å². The van der Waals surface area contributed by atoms with Crippen molar-refractivity contribution in [3.63, 3.8) is 0 Å². The predicted octanol–water partition coefficient (Wildman–Crippen LogP) is 3.79. The highest BCUT2D eigenvalue weighted by molar-refractivity contribution is 7.90. The van der Waals surface area contributed by atoms with Gasteiger partial charge in [0.15, 0.2) is 15.7 Å². The number of aromatic nitrogens is 2. The molecule has 8 heteroatoms. The Labute approximate surface area is 176 Å². The minimum Gasteiger partial charge on any atom is -0.339 e. The van der Waals surface area contributed by atoms with Gasteiger partial charge in [-0.1, -0.05) is 48.0 Å². The first-order valence-corrected chi connectivity index (χ1v) is 11.4. The second-order valence-corrected chi connectivity index (χ2v) is 9.18. The normalized spacial score (nSPS) is 11.4. The van der Waals surface area contributed by atoms with Crippen molar-refractivity contribution in [2.45, 2.75) is 50.7 Å². The second kappa shape index (κ2) is 9.21. The molecule has 0 spiro atoms. The van der Waals surface area contributed by atoms with E-state index in [1.807, 2.05) is 39.0 Å². The van der Waals surface area contributed by atoms with Gasteiger partial charge >= 0.3 is 0 Å². The fourth-order valence-electron chi connectivity index (χ4n) is 3.07. The van der Waals surface area contributed by atoms with Crippen molar-refractivity contribution in [3.05, 3.63) is 70.9 Å². The number of carbonyl (C=O) groups excluding carboxylic acids is 1. The molecule has 0 radical (unpaired) electrons. The van der Waals surface area contributed by atoms with Crippen molar-refractivity contribution in [1.29, 1.82) is 0 Å². The van der Waals surface area contributed by atoms with Crippen LogP contribution in [-0.2, 0) is 33.2 Å². The molecule has 1 N–H and O–H groups in total. The molecule has 0 aliphatic rings. The van der Waals surface area contributed by atoms with Crippen molar-refractivity contribution >= 4 is 21.4 Å². The van der Waals surface area contributed by atoms with Gasteiger partial charge in [0.05, 0.1) is 4.90 Å². The maximum atomic E-state index is 12.5. The zero-order valence-corrected chi connectivity index (χ0v) is 18.1. The lowest BCUT2D eigenvalue weighted by Gasteiger charge is -2.12. The molecule has 0 bridgehead atoms. The summed E-state index contributed by atoms with van der Waals surface area (Å²) in [6, 6.07) is 12.5. The number of para-hydroxylation sites is 1. The summed E-state index contributed by atoms with van der Waals surface area (Å²) in [7, 11) is -3.57. The van der Waals surface area contributed by atoms with Gasteiger partial charge in [-0.3, -0.25) is 4.79 Å². The van der Waals surface area contributed by atoms with Crippen molar-refractivity contribution in [2.24, 2.45) is 0 Å². The van der Waals surface area contributed by atoms with Crippen LogP contribution in [0.5, 0.6) is 0 Å². The molecule has 0 aliphatic heterocycles. The fourth-order valence-corrected chi connectivity index (χ4v) is 4.25. The first kappa shape index (κ1) is 21.7. The molecule has 0 aliphatic carbocycles. The van der Waals surface area contributed by atoms with Crippen molar-refractivity contribution in [2.75, 3.05) is 5.32 Å². The van der Waals surface area contributed by atoms with E-state index < -0.39 is 9.84 Å². The number of hydrogen-bond acceptors (Lipinski definition) is 6. The van der Waals surface area contributed by atoms with E-state index in [1.165, 1.54) is 0 Å². The molecule has 3 aromatic rings. The van der Waals surface area contributed by atoms with Crippen LogP contribution in [0.3, 0.4) is 0 Å². The Morgan fingerprint density at radius 2 is 1.83 bits per heavy atom. The lowest BCUT2D eigenvalue weighted by Crippen LogP contribution is -2.14. The molecule has 1 heterocycles. The summed E-state index contributed by atoms with van der Waals surface area (Å²) < 4.78 is 30.1. The minimum atomic E-state index is -3.57.